The Kier molecular flexibility index (Phi) is 3.74. The molecule has 0 radical (unpaired) electrons. The number of hydrogen-bond acceptors (Lipinski definition) is 3. The molecule has 1 amide bonds. The Hall–Kier alpha value is -2.14. The van der Waals surface area contributed by atoms with E-state index < -0.39 is 0 Å². The van der Waals surface area contributed by atoms with Gasteiger partial charge in [-0.3, -0.25) is 9.48 Å². The summed E-state index contributed by atoms with van der Waals surface area (Å²) in [4.78, 5) is 11.7. The fraction of sp³-hybridized carbons (Fsp3) is 0.231. The van der Waals surface area contributed by atoms with Crippen LogP contribution in [0, 0.1) is 0 Å². The van der Waals surface area contributed by atoms with Gasteiger partial charge >= 0.3 is 0 Å². The number of aryl methyl sites for hydroxylation is 1. The molecule has 0 spiro atoms. The summed E-state index contributed by atoms with van der Waals surface area (Å²) in [5, 5.41) is 15.8. The summed E-state index contributed by atoms with van der Waals surface area (Å²) in [5.74, 6) is -0.204. The lowest BCUT2D eigenvalue weighted by Crippen LogP contribution is -2.23. The van der Waals surface area contributed by atoms with Gasteiger partial charge in [0.25, 0.3) is 5.91 Å². The van der Waals surface area contributed by atoms with Crippen LogP contribution in [-0.4, -0.2) is 20.8 Å². The maximum atomic E-state index is 11.7. The van der Waals surface area contributed by atoms with Crippen LogP contribution in [0.25, 0.3) is 0 Å². The molecule has 0 aliphatic carbocycles. The molecule has 18 heavy (non-hydrogen) atoms. The third kappa shape index (κ3) is 2.95. The van der Waals surface area contributed by atoms with Crippen LogP contribution < -0.4 is 5.32 Å². The summed E-state index contributed by atoms with van der Waals surface area (Å²) in [6.45, 7) is 0.422. The second kappa shape index (κ2) is 5.46. The number of aliphatic hydroxyl groups excluding tert-OH is 1. The minimum Gasteiger partial charge on any atom is -0.392 e. The molecular weight excluding hydrogens is 230 g/mol. The van der Waals surface area contributed by atoms with Crippen LogP contribution >= 0.6 is 0 Å². The van der Waals surface area contributed by atoms with E-state index in [-0.39, 0.29) is 12.5 Å². The Labute approximate surface area is 105 Å². The predicted octanol–water partition coefficient (Wildman–Crippen LogP) is 0.842. The SMILES string of the molecule is Cn1ccc(C(=O)NCc2cccc(CO)c2)n1. The van der Waals surface area contributed by atoms with Gasteiger partial charge in [0, 0.05) is 19.8 Å². The average Bonchev–Trinajstić information content (AvgIpc) is 2.83. The van der Waals surface area contributed by atoms with Gasteiger partial charge in [-0.15, -0.1) is 0 Å². The number of carbonyl (C=O) groups is 1. The first kappa shape index (κ1) is 12.3. The Bertz CT molecular complexity index is 549. The standard InChI is InChI=1S/C13H15N3O2/c1-16-6-5-12(15-16)13(18)14-8-10-3-2-4-11(7-10)9-17/h2-7,17H,8-9H2,1H3,(H,14,18). The van der Waals surface area contributed by atoms with Crippen molar-refractivity contribution in [2.75, 3.05) is 0 Å². The number of nitrogens with one attached hydrogen (secondary N) is 1. The molecule has 0 fully saturated rings. The van der Waals surface area contributed by atoms with Crippen molar-refractivity contribution in [3.63, 3.8) is 0 Å². The monoisotopic (exact) mass is 245 g/mol. The molecule has 0 saturated heterocycles. The zero-order chi connectivity index (χ0) is 13.0. The molecule has 5 nitrogen and oxygen atoms in total. The van der Waals surface area contributed by atoms with Crippen molar-refractivity contribution in [3.05, 3.63) is 53.3 Å². The lowest BCUT2D eigenvalue weighted by atomic mass is 10.1. The van der Waals surface area contributed by atoms with Crippen LogP contribution in [0.4, 0.5) is 0 Å². The molecule has 0 aliphatic heterocycles. The minimum absolute atomic E-state index is 0.00201. The van der Waals surface area contributed by atoms with Gasteiger partial charge in [0.2, 0.25) is 0 Å². The zero-order valence-corrected chi connectivity index (χ0v) is 10.1. The van der Waals surface area contributed by atoms with Gasteiger partial charge in [-0.05, 0) is 17.2 Å². The number of nitrogens with zero attached hydrogens (tertiary/aromatic N) is 2. The fourth-order valence-corrected chi connectivity index (χ4v) is 1.65. The molecule has 0 aliphatic rings. The van der Waals surface area contributed by atoms with Crippen molar-refractivity contribution in [1.29, 1.82) is 0 Å². The number of aliphatic hydroxyl groups is 1. The van der Waals surface area contributed by atoms with Crippen LogP contribution in [-0.2, 0) is 20.2 Å². The topological polar surface area (TPSA) is 67.2 Å². The molecule has 2 N–H and O–H groups in total. The predicted molar refractivity (Wildman–Crippen MR) is 66.7 cm³/mol. The van der Waals surface area contributed by atoms with Crippen molar-refractivity contribution in [3.8, 4) is 0 Å². The average molecular weight is 245 g/mol. The molecule has 94 valence electrons. The molecule has 0 bridgehead atoms. The lowest BCUT2D eigenvalue weighted by Gasteiger charge is -2.05. The highest BCUT2D eigenvalue weighted by Gasteiger charge is 2.07. The highest BCUT2D eigenvalue weighted by atomic mass is 16.3. The van der Waals surface area contributed by atoms with Crippen LogP contribution in [0.15, 0.2) is 36.5 Å². The summed E-state index contributed by atoms with van der Waals surface area (Å²) in [6, 6.07) is 9.12. The van der Waals surface area contributed by atoms with E-state index >= 15 is 0 Å². The largest absolute Gasteiger partial charge is 0.392 e. The van der Waals surface area contributed by atoms with E-state index in [2.05, 4.69) is 10.4 Å². The van der Waals surface area contributed by atoms with E-state index in [4.69, 9.17) is 5.11 Å². The second-order valence-corrected chi connectivity index (χ2v) is 4.04. The van der Waals surface area contributed by atoms with Gasteiger partial charge < -0.3 is 10.4 Å². The van der Waals surface area contributed by atoms with E-state index in [1.54, 1.807) is 24.0 Å². The molecule has 0 saturated carbocycles. The number of benzene rings is 1. The van der Waals surface area contributed by atoms with Crippen LogP contribution in [0.2, 0.25) is 0 Å². The highest BCUT2D eigenvalue weighted by Crippen LogP contribution is 2.05. The van der Waals surface area contributed by atoms with Crippen LogP contribution in [0.5, 0.6) is 0 Å². The van der Waals surface area contributed by atoms with Gasteiger partial charge in [0.15, 0.2) is 0 Å². The Morgan fingerprint density at radius 3 is 2.83 bits per heavy atom. The maximum Gasteiger partial charge on any atom is 0.272 e. The van der Waals surface area contributed by atoms with Gasteiger partial charge in [-0.1, -0.05) is 24.3 Å². The summed E-state index contributed by atoms with van der Waals surface area (Å²) >= 11 is 0. The molecule has 1 aromatic heterocycles. The van der Waals surface area contributed by atoms with Crippen LogP contribution in [0.1, 0.15) is 21.6 Å². The Morgan fingerprint density at radius 1 is 1.39 bits per heavy atom. The van der Waals surface area contributed by atoms with E-state index in [1.165, 1.54) is 0 Å². The van der Waals surface area contributed by atoms with Gasteiger partial charge in [-0.25, -0.2) is 0 Å². The van der Waals surface area contributed by atoms with Crippen molar-refractivity contribution in [2.24, 2.45) is 7.05 Å². The molecule has 0 atom stereocenters. The van der Waals surface area contributed by atoms with Crippen molar-refractivity contribution < 1.29 is 9.90 Å². The summed E-state index contributed by atoms with van der Waals surface area (Å²) in [5.41, 5.74) is 2.18. The quantitative estimate of drug-likeness (QED) is 0.839. The smallest absolute Gasteiger partial charge is 0.272 e. The number of hydrogen-bond donors (Lipinski definition) is 2. The van der Waals surface area contributed by atoms with Crippen molar-refractivity contribution in [1.82, 2.24) is 15.1 Å². The normalized spacial score (nSPS) is 10.3. The molecule has 1 heterocycles. The minimum atomic E-state index is -0.204. The molecule has 2 rings (SSSR count). The molecular formula is C13H15N3O2. The van der Waals surface area contributed by atoms with Crippen LogP contribution in [0.3, 0.4) is 0 Å². The first-order chi connectivity index (χ1) is 8.69. The first-order valence-electron chi connectivity index (χ1n) is 5.65. The maximum absolute atomic E-state index is 11.7. The summed E-state index contributed by atoms with van der Waals surface area (Å²) in [7, 11) is 1.77. The number of rotatable bonds is 4. The van der Waals surface area contributed by atoms with Crippen molar-refractivity contribution in [2.45, 2.75) is 13.2 Å². The van der Waals surface area contributed by atoms with E-state index in [1.807, 2.05) is 24.3 Å². The number of aromatic nitrogens is 2. The zero-order valence-electron chi connectivity index (χ0n) is 10.1. The number of carbonyl (C=O) groups excluding carboxylic acids is 1. The third-order valence-corrected chi connectivity index (χ3v) is 2.57. The summed E-state index contributed by atoms with van der Waals surface area (Å²) in [6.07, 6.45) is 1.72. The summed E-state index contributed by atoms with van der Waals surface area (Å²) < 4.78 is 1.58. The van der Waals surface area contributed by atoms with E-state index in [0.29, 0.717) is 12.2 Å². The van der Waals surface area contributed by atoms with Gasteiger partial charge in [-0.2, -0.15) is 5.10 Å². The van der Waals surface area contributed by atoms with E-state index in [9.17, 15) is 4.79 Å². The third-order valence-electron chi connectivity index (χ3n) is 2.57. The molecule has 5 heteroatoms. The first-order valence-corrected chi connectivity index (χ1v) is 5.65. The molecule has 0 unspecified atom stereocenters. The van der Waals surface area contributed by atoms with Gasteiger partial charge in [0.05, 0.1) is 6.61 Å². The highest BCUT2D eigenvalue weighted by molar-refractivity contribution is 5.92. The van der Waals surface area contributed by atoms with Crippen molar-refractivity contribution >= 4 is 5.91 Å². The fourth-order valence-electron chi connectivity index (χ4n) is 1.65. The molecule has 1 aromatic carbocycles. The lowest BCUT2D eigenvalue weighted by molar-refractivity contribution is 0.0945. The Morgan fingerprint density at radius 2 is 2.17 bits per heavy atom. The second-order valence-electron chi connectivity index (χ2n) is 4.04. The molecule has 2 aromatic rings. The number of amides is 1. The Balaban J connectivity index is 1.97. The van der Waals surface area contributed by atoms with Gasteiger partial charge in [0.1, 0.15) is 5.69 Å². The van der Waals surface area contributed by atoms with E-state index in [0.717, 1.165) is 11.1 Å².